The fraction of sp³-hybridized carbons (Fsp3) is 0.846. The summed E-state index contributed by atoms with van der Waals surface area (Å²) < 4.78 is 5.43. The minimum absolute atomic E-state index is 0.00197. The minimum Gasteiger partial charge on any atom is -0.481 e. The minimum atomic E-state index is -0.747. The van der Waals surface area contributed by atoms with Crippen LogP contribution in [-0.2, 0) is 14.3 Å². The van der Waals surface area contributed by atoms with E-state index >= 15 is 0 Å². The van der Waals surface area contributed by atoms with Crippen molar-refractivity contribution in [1.82, 2.24) is 5.32 Å². The molecule has 18 heavy (non-hydrogen) atoms. The maximum Gasteiger partial charge on any atom is 0.306 e. The van der Waals surface area contributed by atoms with Crippen LogP contribution in [-0.4, -0.2) is 35.7 Å². The van der Waals surface area contributed by atoms with Crippen molar-refractivity contribution in [1.29, 1.82) is 0 Å². The Morgan fingerprint density at radius 3 is 2.61 bits per heavy atom. The molecule has 0 spiro atoms. The van der Waals surface area contributed by atoms with Crippen LogP contribution in [0.4, 0.5) is 0 Å². The topological polar surface area (TPSA) is 75.6 Å². The summed E-state index contributed by atoms with van der Waals surface area (Å²) in [5.74, 6) is -1.12. The summed E-state index contributed by atoms with van der Waals surface area (Å²) >= 11 is 0. The van der Waals surface area contributed by atoms with Crippen molar-refractivity contribution in [3.8, 4) is 0 Å². The zero-order chi connectivity index (χ0) is 13.0. The van der Waals surface area contributed by atoms with E-state index in [0.29, 0.717) is 13.0 Å². The number of carbonyl (C=O) groups is 2. The van der Waals surface area contributed by atoms with E-state index in [2.05, 4.69) is 5.32 Å². The largest absolute Gasteiger partial charge is 0.481 e. The Labute approximate surface area is 107 Å². The zero-order valence-corrected chi connectivity index (χ0v) is 10.6. The van der Waals surface area contributed by atoms with Gasteiger partial charge in [0.15, 0.2) is 0 Å². The molecule has 2 fully saturated rings. The van der Waals surface area contributed by atoms with E-state index in [1.165, 1.54) is 0 Å². The molecule has 0 aromatic carbocycles. The normalized spacial score (nSPS) is 32.8. The van der Waals surface area contributed by atoms with Gasteiger partial charge in [-0.25, -0.2) is 0 Å². The van der Waals surface area contributed by atoms with Crippen LogP contribution in [0.25, 0.3) is 0 Å². The summed E-state index contributed by atoms with van der Waals surface area (Å²) in [7, 11) is 0. The fourth-order valence-corrected chi connectivity index (χ4v) is 2.79. The molecule has 1 aliphatic heterocycles. The van der Waals surface area contributed by atoms with Crippen molar-refractivity contribution in [2.45, 2.75) is 57.1 Å². The number of amides is 1. The molecular weight excluding hydrogens is 234 g/mol. The third-order valence-corrected chi connectivity index (χ3v) is 3.84. The molecule has 1 amide bonds. The SMILES string of the molecule is O=C(O)C1CCCC(NC(=O)C2CCCCO2)C1. The second-order valence-electron chi connectivity index (χ2n) is 5.26. The van der Waals surface area contributed by atoms with Crippen molar-refractivity contribution >= 4 is 11.9 Å². The van der Waals surface area contributed by atoms with Gasteiger partial charge in [-0.1, -0.05) is 6.42 Å². The third-order valence-electron chi connectivity index (χ3n) is 3.84. The average Bonchev–Trinajstić information content (AvgIpc) is 2.40. The molecule has 0 aromatic rings. The molecule has 2 rings (SSSR count). The van der Waals surface area contributed by atoms with Crippen LogP contribution in [0.1, 0.15) is 44.9 Å². The van der Waals surface area contributed by atoms with Crippen LogP contribution >= 0.6 is 0 Å². The highest BCUT2D eigenvalue weighted by Gasteiger charge is 2.30. The highest BCUT2D eigenvalue weighted by atomic mass is 16.5. The molecule has 1 saturated carbocycles. The quantitative estimate of drug-likeness (QED) is 0.797. The lowest BCUT2D eigenvalue weighted by Gasteiger charge is -2.29. The molecule has 0 aromatic heterocycles. The summed E-state index contributed by atoms with van der Waals surface area (Å²) in [6.45, 7) is 0.653. The number of carbonyl (C=O) groups excluding carboxylic acids is 1. The lowest BCUT2D eigenvalue weighted by atomic mass is 9.85. The molecule has 5 heteroatoms. The molecule has 2 N–H and O–H groups in total. The first-order valence-corrected chi connectivity index (χ1v) is 6.81. The summed E-state index contributed by atoms with van der Waals surface area (Å²) in [6.07, 6.45) is 5.52. The Morgan fingerprint density at radius 1 is 1.11 bits per heavy atom. The summed E-state index contributed by atoms with van der Waals surface area (Å²) in [4.78, 5) is 22.9. The van der Waals surface area contributed by atoms with Gasteiger partial charge in [0.1, 0.15) is 6.10 Å². The number of rotatable bonds is 3. The first kappa shape index (κ1) is 13.3. The molecule has 0 bridgehead atoms. The van der Waals surface area contributed by atoms with E-state index < -0.39 is 5.97 Å². The predicted molar refractivity (Wildman–Crippen MR) is 65.1 cm³/mol. The second-order valence-corrected chi connectivity index (χ2v) is 5.26. The van der Waals surface area contributed by atoms with Crippen molar-refractivity contribution in [3.63, 3.8) is 0 Å². The van der Waals surface area contributed by atoms with Gasteiger partial charge in [0, 0.05) is 12.6 Å². The monoisotopic (exact) mass is 255 g/mol. The van der Waals surface area contributed by atoms with Crippen molar-refractivity contribution < 1.29 is 19.4 Å². The molecule has 1 saturated heterocycles. The van der Waals surface area contributed by atoms with Gasteiger partial charge < -0.3 is 15.2 Å². The highest BCUT2D eigenvalue weighted by Crippen LogP contribution is 2.25. The van der Waals surface area contributed by atoms with Crippen molar-refractivity contribution in [2.24, 2.45) is 5.92 Å². The molecule has 5 nitrogen and oxygen atoms in total. The predicted octanol–water partition coefficient (Wildman–Crippen LogP) is 1.32. The molecule has 3 unspecified atom stereocenters. The Hall–Kier alpha value is -1.10. The Kier molecular flexibility index (Phi) is 4.58. The van der Waals surface area contributed by atoms with Gasteiger partial charge in [-0.15, -0.1) is 0 Å². The van der Waals surface area contributed by atoms with Gasteiger partial charge in [-0.2, -0.15) is 0 Å². The number of carboxylic acids is 1. The Morgan fingerprint density at radius 2 is 1.94 bits per heavy atom. The molecule has 102 valence electrons. The smallest absolute Gasteiger partial charge is 0.306 e. The second kappa shape index (κ2) is 6.18. The van der Waals surface area contributed by atoms with Gasteiger partial charge >= 0.3 is 5.97 Å². The number of aliphatic carboxylic acids is 1. The number of ether oxygens (including phenoxy) is 1. The molecule has 1 aliphatic carbocycles. The van der Waals surface area contributed by atoms with Crippen LogP contribution in [0.3, 0.4) is 0 Å². The third kappa shape index (κ3) is 3.45. The molecule has 2 aliphatic rings. The number of hydrogen-bond acceptors (Lipinski definition) is 3. The number of nitrogens with one attached hydrogen (secondary N) is 1. The Balaban J connectivity index is 1.81. The maximum atomic E-state index is 12.0. The van der Waals surface area contributed by atoms with E-state index in [-0.39, 0.29) is 24.0 Å². The molecular formula is C13H21NO4. The van der Waals surface area contributed by atoms with Crippen LogP contribution < -0.4 is 5.32 Å². The lowest BCUT2D eigenvalue weighted by molar-refractivity contribution is -0.144. The summed E-state index contributed by atoms with van der Waals surface area (Å²) in [6, 6.07) is -0.00197. The van der Waals surface area contributed by atoms with Crippen LogP contribution in [0.5, 0.6) is 0 Å². The van der Waals surface area contributed by atoms with E-state index in [1.54, 1.807) is 0 Å². The number of hydrogen-bond donors (Lipinski definition) is 2. The van der Waals surface area contributed by atoms with Gasteiger partial charge in [0.05, 0.1) is 5.92 Å². The maximum absolute atomic E-state index is 12.0. The fourth-order valence-electron chi connectivity index (χ4n) is 2.79. The van der Waals surface area contributed by atoms with Crippen molar-refractivity contribution in [2.75, 3.05) is 6.61 Å². The zero-order valence-electron chi connectivity index (χ0n) is 10.6. The Bertz CT molecular complexity index is 312. The molecule has 3 atom stereocenters. The van der Waals surface area contributed by atoms with E-state index in [1.807, 2.05) is 0 Å². The van der Waals surface area contributed by atoms with Gasteiger partial charge in [0.25, 0.3) is 0 Å². The molecule has 1 heterocycles. The van der Waals surface area contributed by atoms with Gasteiger partial charge in [0.2, 0.25) is 5.91 Å². The van der Waals surface area contributed by atoms with Gasteiger partial charge in [-0.3, -0.25) is 9.59 Å². The van der Waals surface area contributed by atoms with Crippen LogP contribution in [0.15, 0.2) is 0 Å². The van der Waals surface area contributed by atoms with Crippen LogP contribution in [0.2, 0.25) is 0 Å². The summed E-state index contributed by atoms with van der Waals surface area (Å²) in [5.41, 5.74) is 0. The first-order chi connectivity index (χ1) is 8.66. The van der Waals surface area contributed by atoms with E-state index in [9.17, 15) is 9.59 Å². The van der Waals surface area contributed by atoms with E-state index in [0.717, 1.165) is 38.5 Å². The van der Waals surface area contributed by atoms with E-state index in [4.69, 9.17) is 9.84 Å². The molecule has 0 radical (unpaired) electrons. The average molecular weight is 255 g/mol. The lowest BCUT2D eigenvalue weighted by Crippen LogP contribution is -2.46. The first-order valence-electron chi connectivity index (χ1n) is 6.81. The van der Waals surface area contributed by atoms with Gasteiger partial charge in [-0.05, 0) is 38.5 Å². The summed E-state index contributed by atoms with van der Waals surface area (Å²) in [5, 5.41) is 11.9. The van der Waals surface area contributed by atoms with Crippen LogP contribution in [0, 0.1) is 5.92 Å². The highest BCUT2D eigenvalue weighted by molar-refractivity contribution is 5.81. The van der Waals surface area contributed by atoms with Crippen molar-refractivity contribution in [3.05, 3.63) is 0 Å². The number of carboxylic acid groups (broad SMARTS) is 1. The standard InChI is InChI=1S/C13H21NO4/c15-12(11-6-1-2-7-18-11)14-10-5-3-4-9(8-10)13(16)17/h9-11H,1-8H2,(H,14,15)(H,16,17).